The Kier molecular flexibility index (Phi) is 3.17. The zero-order valence-electron chi connectivity index (χ0n) is 16.2. The third-order valence-electron chi connectivity index (χ3n) is 8.94. The largest absolute Gasteiger partial charge is 0.384 e. The normalized spacial score (nSPS) is 50.6. The first kappa shape index (κ1) is 15.8. The van der Waals surface area contributed by atoms with Gasteiger partial charge in [-0.25, -0.2) is 0 Å². The summed E-state index contributed by atoms with van der Waals surface area (Å²) in [5, 5.41) is 11.4. The first-order chi connectivity index (χ1) is 12.6. The molecule has 4 heteroatoms. The van der Waals surface area contributed by atoms with Gasteiger partial charge in [-0.3, -0.25) is 4.79 Å². The molecule has 0 aromatic rings. The highest BCUT2D eigenvalue weighted by Gasteiger charge is 2.65. The molecular weight excluding hydrogens is 322 g/mol. The lowest BCUT2D eigenvalue weighted by Gasteiger charge is -2.44. The highest BCUT2D eigenvalue weighted by molar-refractivity contribution is 5.84. The molecule has 1 amide bonds. The molecule has 3 N–H and O–H groups in total. The van der Waals surface area contributed by atoms with E-state index in [2.05, 4.69) is 29.8 Å². The first-order valence-corrected chi connectivity index (χ1v) is 11.2. The quantitative estimate of drug-likeness (QED) is 0.626. The van der Waals surface area contributed by atoms with E-state index < -0.39 is 0 Å². The fraction of sp³-hybridized carbons (Fsp3) is 0.864. The van der Waals surface area contributed by atoms with Gasteiger partial charge in [-0.1, -0.05) is 25.7 Å². The van der Waals surface area contributed by atoms with E-state index in [0.717, 1.165) is 5.92 Å². The van der Waals surface area contributed by atoms with Crippen molar-refractivity contribution in [3.63, 3.8) is 0 Å². The van der Waals surface area contributed by atoms with Crippen molar-refractivity contribution in [3.05, 3.63) is 11.4 Å². The Balaban J connectivity index is 1.51. The summed E-state index contributed by atoms with van der Waals surface area (Å²) in [6.45, 7) is 4.57. The van der Waals surface area contributed by atoms with Crippen LogP contribution in [0.5, 0.6) is 0 Å². The van der Waals surface area contributed by atoms with E-state index in [4.69, 9.17) is 0 Å². The molecule has 3 aliphatic heterocycles. The van der Waals surface area contributed by atoms with Crippen LogP contribution in [0, 0.1) is 35.5 Å². The van der Waals surface area contributed by atoms with Crippen LogP contribution < -0.4 is 16.0 Å². The summed E-state index contributed by atoms with van der Waals surface area (Å²) in [5.41, 5.74) is 2.92. The SMILES string of the molecule is CC1(C)NC(=O)C2C3C(=C4NC5CCCCC5C4C21)NC1CCCCC13. The number of amides is 1. The minimum Gasteiger partial charge on any atom is -0.384 e. The van der Waals surface area contributed by atoms with Gasteiger partial charge in [0.05, 0.1) is 5.92 Å². The molecular formula is C22H33N3O. The fourth-order valence-electron chi connectivity index (χ4n) is 8.12. The highest BCUT2D eigenvalue weighted by atomic mass is 16.2. The average Bonchev–Trinajstić information content (AvgIpc) is 3.24. The van der Waals surface area contributed by atoms with Crippen molar-refractivity contribution in [2.45, 2.75) is 82.8 Å². The van der Waals surface area contributed by atoms with Crippen LogP contribution in [0.2, 0.25) is 0 Å². The summed E-state index contributed by atoms with van der Waals surface area (Å²) in [4.78, 5) is 13.2. The van der Waals surface area contributed by atoms with Crippen LogP contribution in [0.3, 0.4) is 0 Å². The van der Waals surface area contributed by atoms with Gasteiger partial charge in [0.15, 0.2) is 0 Å². The predicted molar refractivity (Wildman–Crippen MR) is 101 cm³/mol. The van der Waals surface area contributed by atoms with Gasteiger partial charge in [-0.05, 0) is 51.4 Å². The van der Waals surface area contributed by atoms with Crippen molar-refractivity contribution < 1.29 is 4.79 Å². The van der Waals surface area contributed by atoms with E-state index >= 15 is 0 Å². The summed E-state index contributed by atoms with van der Waals surface area (Å²) in [7, 11) is 0. The standard InChI is InChI=1S/C22H33N3O/c1-22(2)18-16-12-8-4-6-10-14(12)24-20(16)19-15(17(18)21(26)25-22)11-7-3-5-9-13(11)23-19/h11-18,23-24H,3-10H2,1-2H3,(H,25,26). The molecule has 8 unspecified atom stereocenters. The number of allylic oxidation sites excluding steroid dienone is 2. The molecule has 26 heavy (non-hydrogen) atoms. The Labute approximate surface area is 156 Å². The second-order valence-electron chi connectivity index (χ2n) is 10.5. The molecule has 3 aliphatic carbocycles. The van der Waals surface area contributed by atoms with E-state index in [9.17, 15) is 4.79 Å². The maximum absolute atomic E-state index is 13.2. The van der Waals surface area contributed by atoms with Crippen LogP contribution >= 0.6 is 0 Å². The zero-order valence-corrected chi connectivity index (χ0v) is 16.2. The monoisotopic (exact) mass is 355 g/mol. The predicted octanol–water partition coefficient (Wildman–Crippen LogP) is 2.91. The topological polar surface area (TPSA) is 53.2 Å². The van der Waals surface area contributed by atoms with Crippen LogP contribution in [0.15, 0.2) is 11.4 Å². The molecule has 0 bridgehead atoms. The summed E-state index contributed by atoms with van der Waals surface area (Å²) in [6, 6.07) is 1.25. The third-order valence-corrected chi connectivity index (χ3v) is 8.94. The summed E-state index contributed by atoms with van der Waals surface area (Å²) >= 11 is 0. The molecule has 3 heterocycles. The van der Waals surface area contributed by atoms with Gasteiger partial charge >= 0.3 is 0 Å². The number of hydrogen-bond acceptors (Lipinski definition) is 3. The van der Waals surface area contributed by atoms with Crippen molar-refractivity contribution in [1.82, 2.24) is 16.0 Å². The third kappa shape index (κ3) is 1.89. The molecule has 0 radical (unpaired) electrons. The van der Waals surface area contributed by atoms with Gasteiger partial charge in [0.1, 0.15) is 0 Å². The summed E-state index contributed by atoms with van der Waals surface area (Å²) in [6.07, 6.45) is 10.7. The maximum Gasteiger partial charge on any atom is 0.224 e. The first-order valence-electron chi connectivity index (χ1n) is 11.2. The van der Waals surface area contributed by atoms with Crippen molar-refractivity contribution in [2.24, 2.45) is 35.5 Å². The van der Waals surface area contributed by atoms with Gasteiger partial charge in [0, 0.05) is 46.8 Å². The lowest BCUT2D eigenvalue weighted by molar-refractivity contribution is -0.125. The number of hydrogen-bond donors (Lipinski definition) is 3. The molecule has 2 saturated carbocycles. The van der Waals surface area contributed by atoms with E-state index in [0.29, 0.717) is 41.7 Å². The molecule has 0 aromatic heterocycles. The lowest BCUT2D eigenvalue weighted by atomic mass is 9.57. The number of carbonyl (C=O) groups excluding carboxylic acids is 1. The molecule has 4 nitrogen and oxygen atoms in total. The van der Waals surface area contributed by atoms with Crippen molar-refractivity contribution in [1.29, 1.82) is 0 Å². The molecule has 6 aliphatic rings. The molecule has 142 valence electrons. The fourth-order valence-corrected chi connectivity index (χ4v) is 8.12. The minimum absolute atomic E-state index is 0.0794. The number of rotatable bonds is 0. The van der Waals surface area contributed by atoms with Crippen LogP contribution in [-0.4, -0.2) is 23.5 Å². The summed E-state index contributed by atoms with van der Waals surface area (Å²) in [5.74, 6) is 3.39. The molecule has 0 aromatic carbocycles. The number of fused-ring (bicyclic) bond motifs is 9. The van der Waals surface area contributed by atoms with E-state index in [1.807, 2.05) is 0 Å². The summed E-state index contributed by atoms with van der Waals surface area (Å²) < 4.78 is 0. The Morgan fingerprint density at radius 2 is 1.31 bits per heavy atom. The zero-order chi connectivity index (χ0) is 17.6. The van der Waals surface area contributed by atoms with Crippen molar-refractivity contribution >= 4 is 5.91 Å². The molecule has 3 saturated heterocycles. The average molecular weight is 356 g/mol. The van der Waals surface area contributed by atoms with E-state index in [1.165, 1.54) is 62.8 Å². The van der Waals surface area contributed by atoms with Crippen LogP contribution in [0.1, 0.15) is 65.2 Å². The smallest absolute Gasteiger partial charge is 0.224 e. The molecule has 5 fully saturated rings. The molecule has 8 atom stereocenters. The Bertz CT molecular complexity index is 683. The minimum atomic E-state index is -0.0794. The highest BCUT2D eigenvalue weighted by Crippen LogP contribution is 2.60. The van der Waals surface area contributed by atoms with Gasteiger partial charge in [-0.15, -0.1) is 0 Å². The van der Waals surface area contributed by atoms with E-state index in [1.54, 1.807) is 0 Å². The molecule has 6 rings (SSSR count). The van der Waals surface area contributed by atoms with Gasteiger partial charge < -0.3 is 16.0 Å². The van der Waals surface area contributed by atoms with Crippen LogP contribution in [0.25, 0.3) is 0 Å². The van der Waals surface area contributed by atoms with Crippen molar-refractivity contribution in [2.75, 3.05) is 0 Å². The number of nitrogens with one attached hydrogen (secondary N) is 3. The Hall–Kier alpha value is -1.19. The maximum atomic E-state index is 13.2. The number of carbonyl (C=O) groups is 1. The van der Waals surface area contributed by atoms with Crippen molar-refractivity contribution in [3.8, 4) is 0 Å². The Morgan fingerprint density at radius 1 is 0.769 bits per heavy atom. The molecule has 0 spiro atoms. The van der Waals surface area contributed by atoms with Crippen LogP contribution in [0.4, 0.5) is 0 Å². The van der Waals surface area contributed by atoms with Crippen LogP contribution in [-0.2, 0) is 4.79 Å². The van der Waals surface area contributed by atoms with Gasteiger partial charge in [0.2, 0.25) is 5.91 Å². The second kappa shape index (κ2) is 5.20. The lowest BCUT2D eigenvalue weighted by Crippen LogP contribution is -2.47. The van der Waals surface area contributed by atoms with Gasteiger partial charge in [0.25, 0.3) is 0 Å². The van der Waals surface area contributed by atoms with Gasteiger partial charge in [-0.2, -0.15) is 0 Å². The second-order valence-corrected chi connectivity index (χ2v) is 10.5. The Morgan fingerprint density at radius 3 is 1.96 bits per heavy atom. The van der Waals surface area contributed by atoms with E-state index in [-0.39, 0.29) is 11.5 Å².